The first kappa shape index (κ1) is 21.0. The van der Waals surface area contributed by atoms with Gasteiger partial charge in [-0.3, -0.25) is 4.79 Å². The molecule has 2 aromatic carbocycles. The third kappa shape index (κ3) is 4.82. The van der Waals surface area contributed by atoms with Gasteiger partial charge in [-0.05, 0) is 24.6 Å². The van der Waals surface area contributed by atoms with Crippen LogP contribution in [0.3, 0.4) is 0 Å². The number of sulfonamides is 1. The minimum Gasteiger partial charge on any atom is -0.384 e. The molecule has 1 unspecified atom stereocenters. The van der Waals surface area contributed by atoms with Gasteiger partial charge in [0.2, 0.25) is 15.8 Å². The van der Waals surface area contributed by atoms with E-state index < -0.39 is 21.4 Å². The van der Waals surface area contributed by atoms with Crippen molar-refractivity contribution in [2.75, 3.05) is 5.75 Å². The summed E-state index contributed by atoms with van der Waals surface area (Å²) in [5.74, 6) is -0.773. The number of aromatic nitrogens is 1. The normalized spacial score (nSPS) is 13.8. The summed E-state index contributed by atoms with van der Waals surface area (Å²) in [4.78, 5) is 12.9. The molecule has 1 atom stereocenters. The van der Waals surface area contributed by atoms with Crippen molar-refractivity contribution >= 4 is 15.8 Å². The Morgan fingerprint density at radius 3 is 2.24 bits per heavy atom. The molecule has 0 aliphatic heterocycles. The monoisotopic (exact) mass is 412 g/mol. The summed E-state index contributed by atoms with van der Waals surface area (Å²) < 4.78 is 25.2. The molecule has 1 heterocycles. The van der Waals surface area contributed by atoms with Gasteiger partial charge in [-0.2, -0.15) is 0 Å². The van der Waals surface area contributed by atoms with E-state index in [1.54, 1.807) is 66.2 Å². The number of rotatable bonds is 7. The number of carbonyl (C=O) groups is 1. The van der Waals surface area contributed by atoms with Gasteiger partial charge in [0, 0.05) is 24.7 Å². The number of ketones is 1. The van der Waals surface area contributed by atoms with Crippen molar-refractivity contribution in [2.45, 2.75) is 18.9 Å². The van der Waals surface area contributed by atoms with Crippen molar-refractivity contribution in [2.24, 2.45) is 12.2 Å². The molecule has 0 fully saturated rings. The van der Waals surface area contributed by atoms with E-state index >= 15 is 0 Å². The quantitative estimate of drug-likeness (QED) is 0.581. The van der Waals surface area contributed by atoms with Crippen molar-refractivity contribution in [3.63, 3.8) is 0 Å². The Kier molecular flexibility index (Phi) is 5.75. The lowest BCUT2D eigenvalue weighted by Gasteiger charge is -2.28. The third-order valence-corrected chi connectivity index (χ3v) is 5.88. The number of benzene rings is 2. The largest absolute Gasteiger partial charge is 0.384 e. The van der Waals surface area contributed by atoms with Crippen molar-refractivity contribution in [1.29, 1.82) is 0 Å². The van der Waals surface area contributed by atoms with Crippen LogP contribution in [0.4, 0.5) is 0 Å². The van der Waals surface area contributed by atoms with Gasteiger partial charge in [-0.1, -0.05) is 60.2 Å². The SMILES string of the molecule is Cc1ccc(C(=O)c2ccc(CC(O)(CS(N)(=O)=O)c3ccccc3)n2C)cc1. The van der Waals surface area contributed by atoms with Crippen molar-refractivity contribution in [3.05, 3.63) is 94.8 Å². The second-order valence-electron chi connectivity index (χ2n) is 7.35. The van der Waals surface area contributed by atoms with Gasteiger partial charge in [-0.25, -0.2) is 13.6 Å². The molecule has 0 bridgehead atoms. The summed E-state index contributed by atoms with van der Waals surface area (Å²) in [5.41, 5.74) is 1.42. The smallest absolute Gasteiger partial charge is 0.212 e. The summed E-state index contributed by atoms with van der Waals surface area (Å²) in [7, 11) is -2.22. The molecule has 7 heteroatoms. The lowest BCUT2D eigenvalue weighted by atomic mass is 9.91. The zero-order chi connectivity index (χ0) is 21.2. The van der Waals surface area contributed by atoms with Crippen LogP contribution in [0, 0.1) is 6.92 Å². The van der Waals surface area contributed by atoms with E-state index in [1.807, 2.05) is 19.1 Å². The fourth-order valence-electron chi connectivity index (χ4n) is 3.43. The summed E-state index contributed by atoms with van der Waals surface area (Å²) in [6, 6.07) is 19.2. The van der Waals surface area contributed by atoms with Gasteiger partial charge in [-0.15, -0.1) is 0 Å². The van der Waals surface area contributed by atoms with Crippen LogP contribution in [0.2, 0.25) is 0 Å². The number of nitrogens with two attached hydrogens (primary N) is 1. The molecule has 3 aromatic rings. The van der Waals surface area contributed by atoms with Gasteiger partial charge in [0.1, 0.15) is 5.60 Å². The highest BCUT2D eigenvalue weighted by molar-refractivity contribution is 7.89. The molecule has 0 amide bonds. The summed E-state index contributed by atoms with van der Waals surface area (Å²) >= 11 is 0. The van der Waals surface area contributed by atoms with Crippen LogP contribution in [0.5, 0.6) is 0 Å². The zero-order valence-corrected chi connectivity index (χ0v) is 17.2. The van der Waals surface area contributed by atoms with Crippen LogP contribution < -0.4 is 5.14 Å². The number of hydrogen-bond donors (Lipinski definition) is 2. The van der Waals surface area contributed by atoms with E-state index in [4.69, 9.17) is 5.14 Å². The average Bonchev–Trinajstić information content (AvgIpc) is 3.01. The molecule has 0 spiro atoms. The molecule has 0 aliphatic carbocycles. The Balaban J connectivity index is 1.96. The lowest BCUT2D eigenvalue weighted by molar-refractivity contribution is 0.0592. The Hall–Kier alpha value is -2.74. The second kappa shape index (κ2) is 7.94. The standard InChI is InChI=1S/C22H24N2O4S/c1-16-8-10-17(11-9-16)21(25)20-13-12-19(24(20)2)14-22(26,15-29(23,27)28)18-6-4-3-5-7-18/h3-13,26H,14-15H2,1-2H3,(H2,23,27,28). The topological polar surface area (TPSA) is 102 Å². The van der Waals surface area contributed by atoms with Crippen molar-refractivity contribution < 1.29 is 18.3 Å². The van der Waals surface area contributed by atoms with E-state index in [-0.39, 0.29) is 12.2 Å². The van der Waals surface area contributed by atoms with E-state index in [0.29, 0.717) is 22.5 Å². The number of hydrogen-bond acceptors (Lipinski definition) is 4. The van der Waals surface area contributed by atoms with Gasteiger partial charge in [0.05, 0.1) is 11.4 Å². The molecule has 1 aromatic heterocycles. The molecule has 152 valence electrons. The third-order valence-electron chi connectivity index (χ3n) is 5.00. The van der Waals surface area contributed by atoms with E-state index in [0.717, 1.165) is 5.56 Å². The van der Waals surface area contributed by atoms with Crippen LogP contribution in [0.25, 0.3) is 0 Å². The maximum atomic E-state index is 12.9. The molecular formula is C22H24N2O4S. The van der Waals surface area contributed by atoms with Crippen molar-refractivity contribution in [3.8, 4) is 0 Å². The number of aliphatic hydroxyl groups is 1. The first-order valence-corrected chi connectivity index (χ1v) is 10.8. The minimum absolute atomic E-state index is 0.00881. The molecule has 3 rings (SSSR count). The fourth-order valence-corrected chi connectivity index (χ4v) is 4.36. The van der Waals surface area contributed by atoms with E-state index in [1.165, 1.54) is 0 Å². The first-order chi connectivity index (χ1) is 13.6. The average molecular weight is 413 g/mol. The molecule has 6 nitrogen and oxygen atoms in total. The number of carbonyl (C=O) groups excluding carboxylic acids is 1. The highest BCUT2D eigenvalue weighted by atomic mass is 32.2. The first-order valence-electron chi connectivity index (χ1n) is 9.13. The number of primary sulfonamides is 1. The maximum Gasteiger partial charge on any atom is 0.212 e. The van der Waals surface area contributed by atoms with Crippen LogP contribution in [0.1, 0.15) is 32.9 Å². The van der Waals surface area contributed by atoms with Crippen LogP contribution in [-0.2, 0) is 29.1 Å². The molecule has 29 heavy (non-hydrogen) atoms. The van der Waals surface area contributed by atoms with Crippen LogP contribution in [-0.4, -0.2) is 29.6 Å². The summed E-state index contributed by atoms with van der Waals surface area (Å²) in [6.07, 6.45) is -0.00881. The molecule has 3 N–H and O–H groups in total. The molecule has 0 radical (unpaired) electrons. The lowest BCUT2D eigenvalue weighted by Crippen LogP contribution is -2.39. The summed E-state index contributed by atoms with van der Waals surface area (Å²) in [6.45, 7) is 1.95. The van der Waals surface area contributed by atoms with Crippen molar-refractivity contribution in [1.82, 2.24) is 4.57 Å². The van der Waals surface area contributed by atoms with E-state index in [9.17, 15) is 18.3 Å². The predicted octanol–water partition coefficient (Wildman–Crippen LogP) is 2.28. The van der Waals surface area contributed by atoms with Gasteiger partial charge >= 0.3 is 0 Å². The van der Waals surface area contributed by atoms with Gasteiger partial charge in [0.15, 0.2) is 0 Å². The maximum absolute atomic E-state index is 12.9. The molecule has 0 saturated carbocycles. The molecule has 0 aliphatic rings. The highest BCUT2D eigenvalue weighted by Gasteiger charge is 2.35. The van der Waals surface area contributed by atoms with Gasteiger partial charge < -0.3 is 9.67 Å². The molecular weight excluding hydrogens is 388 g/mol. The Bertz CT molecular complexity index is 1120. The number of nitrogens with zero attached hydrogens (tertiary/aromatic N) is 1. The summed E-state index contributed by atoms with van der Waals surface area (Å²) in [5, 5.41) is 16.5. The highest BCUT2D eigenvalue weighted by Crippen LogP contribution is 2.28. The fraction of sp³-hybridized carbons (Fsp3) is 0.227. The second-order valence-corrected chi connectivity index (χ2v) is 8.96. The Morgan fingerprint density at radius 2 is 1.66 bits per heavy atom. The predicted molar refractivity (Wildman–Crippen MR) is 112 cm³/mol. The van der Waals surface area contributed by atoms with Crippen LogP contribution >= 0.6 is 0 Å². The van der Waals surface area contributed by atoms with Gasteiger partial charge in [0.25, 0.3) is 0 Å². The minimum atomic E-state index is -3.95. The van der Waals surface area contributed by atoms with E-state index in [2.05, 4.69) is 0 Å². The molecule has 0 saturated heterocycles. The van der Waals surface area contributed by atoms with Crippen LogP contribution in [0.15, 0.2) is 66.7 Å². The number of aryl methyl sites for hydroxylation is 1. The Labute approximate surface area is 170 Å². The zero-order valence-electron chi connectivity index (χ0n) is 16.4. The Morgan fingerprint density at radius 1 is 1.03 bits per heavy atom.